The van der Waals surface area contributed by atoms with Crippen molar-refractivity contribution in [3.05, 3.63) is 65.7 Å². The molecule has 2 aromatic carbocycles. The van der Waals surface area contributed by atoms with E-state index in [0.717, 1.165) is 31.7 Å². The first-order valence-corrected chi connectivity index (χ1v) is 10.7. The molecule has 31 heavy (non-hydrogen) atoms. The molecular weight excluding hydrogens is 392 g/mol. The Labute approximate surface area is 183 Å². The highest BCUT2D eigenvalue weighted by Gasteiger charge is 2.18. The molecule has 2 N–H and O–H groups in total. The number of carbonyl (C=O) groups excluding carboxylic acids is 3. The summed E-state index contributed by atoms with van der Waals surface area (Å²) in [6, 6.07) is 17.6. The van der Waals surface area contributed by atoms with E-state index in [9.17, 15) is 14.4 Å². The second-order valence-electron chi connectivity index (χ2n) is 7.80. The number of rotatable bonds is 8. The van der Waals surface area contributed by atoms with Crippen LogP contribution in [0.2, 0.25) is 0 Å². The number of carbonyl (C=O) groups is 3. The SMILES string of the molecule is Cc1ccc(C(=O)CCC(=O)NNC(=O)CCN2CCN(c3ccccc3)CC2)cc1. The second-order valence-corrected chi connectivity index (χ2v) is 7.80. The summed E-state index contributed by atoms with van der Waals surface area (Å²) < 4.78 is 0. The highest BCUT2D eigenvalue weighted by Crippen LogP contribution is 2.15. The smallest absolute Gasteiger partial charge is 0.239 e. The highest BCUT2D eigenvalue weighted by molar-refractivity contribution is 5.98. The Bertz CT molecular complexity index is 875. The Balaban J connectivity index is 1.28. The van der Waals surface area contributed by atoms with Crippen LogP contribution in [0.4, 0.5) is 5.69 Å². The van der Waals surface area contributed by atoms with Gasteiger partial charge in [0.05, 0.1) is 0 Å². The number of hydrogen-bond acceptors (Lipinski definition) is 5. The highest BCUT2D eigenvalue weighted by atomic mass is 16.2. The summed E-state index contributed by atoms with van der Waals surface area (Å²) >= 11 is 0. The van der Waals surface area contributed by atoms with E-state index in [1.165, 1.54) is 5.69 Å². The quantitative estimate of drug-likeness (QED) is 0.504. The minimum absolute atomic E-state index is 0.0361. The summed E-state index contributed by atoms with van der Waals surface area (Å²) in [5, 5.41) is 0. The molecule has 0 unspecified atom stereocenters. The Morgan fingerprint density at radius 1 is 0.774 bits per heavy atom. The van der Waals surface area contributed by atoms with Crippen molar-refractivity contribution in [2.75, 3.05) is 37.6 Å². The number of amides is 2. The van der Waals surface area contributed by atoms with E-state index < -0.39 is 0 Å². The lowest BCUT2D eigenvalue weighted by atomic mass is 10.1. The van der Waals surface area contributed by atoms with Crippen LogP contribution >= 0.6 is 0 Å². The first kappa shape index (κ1) is 22.5. The zero-order valence-electron chi connectivity index (χ0n) is 18.0. The van der Waals surface area contributed by atoms with Gasteiger partial charge < -0.3 is 4.90 Å². The molecule has 3 rings (SSSR count). The first-order chi connectivity index (χ1) is 15.0. The normalized spacial score (nSPS) is 14.2. The summed E-state index contributed by atoms with van der Waals surface area (Å²) in [5.74, 6) is -0.690. The molecule has 0 atom stereocenters. The van der Waals surface area contributed by atoms with Crippen LogP contribution in [0.5, 0.6) is 0 Å². The number of piperazine rings is 1. The topological polar surface area (TPSA) is 81.8 Å². The van der Waals surface area contributed by atoms with Gasteiger partial charge in [0.1, 0.15) is 0 Å². The number of hydrazine groups is 1. The standard InChI is InChI=1S/C24H30N4O3/c1-19-7-9-20(10-8-19)22(29)11-12-23(30)25-26-24(31)13-14-27-15-17-28(18-16-27)21-5-3-2-4-6-21/h2-10H,11-18H2,1H3,(H,25,30)(H,26,31). The van der Waals surface area contributed by atoms with Crippen LogP contribution in [0, 0.1) is 6.92 Å². The lowest BCUT2D eigenvalue weighted by molar-refractivity contribution is -0.129. The number of benzene rings is 2. The molecule has 0 bridgehead atoms. The van der Waals surface area contributed by atoms with E-state index in [4.69, 9.17) is 0 Å². The van der Waals surface area contributed by atoms with Crippen molar-refractivity contribution >= 4 is 23.3 Å². The van der Waals surface area contributed by atoms with Gasteiger partial charge in [-0.25, -0.2) is 0 Å². The summed E-state index contributed by atoms with van der Waals surface area (Å²) in [7, 11) is 0. The molecule has 1 saturated heterocycles. The molecule has 1 heterocycles. The molecule has 1 aliphatic rings. The number of aryl methyl sites for hydroxylation is 1. The first-order valence-electron chi connectivity index (χ1n) is 10.7. The molecule has 0 radical (unpaired) electrons. The van der Waals surface area contributed by atoms with Gasteiger partial charge in [0.25, 0.3) is 0 Å². The average Bonchev–Trinajstić information content (AvgIpc) is 2.81. The number of nitrogens with zero attached hydrogens (tertiary/aromatic N) is 2. The van der Waals surface area contributed by atoms with Crippen molar-refractivity contribution in [3.8, 4) is 0 Å². The van der Waals surface area contributed by atoms with Gasteiger partial charge in [0, 0.05) is 63.2 Å². The average molecular weight is 423 g/mol. The van der Waals surface area contributed by atoms with E-state index in [0.29, 0.717) is 18.5 Å². The van der Waals surface area contributed by atoms with Gasteiger partial charge in [-0.15, -0.1) is 0 Å². The lowest BCUT2D eigenvalue weighted by Crippen LogP contribution is -2.48. The molecule has 0 spiro atoms. The maximum Gasteiger partial charge on any atom is 0.239 e. The zero-order chi connectivity index (χ0) is 22.1. The van der Waals surface area contributed by atoms with Gasteiger partial charge in [-0.1, -0.05) is 48.0 Å². The van der Waals surface area contributed by atoms with Crippen molar-refractivity contribution in [2.45, 2.75) is 26.2 Å². The third-order valence-corrected chi connectivity index (χ3v) is 5.44. The molecule has 7 nitrogen and oxygen atoms in total. The zero-order valence-corrected chi connectivity index (χ0v) is 18.0. The van der Waals surface area contributed by atoms with Crippen molar-refractivity contribution in [2.24, 2.45) is 0 Å². The van der Waals surface area contributed by atoms with E-state index >= 15 is 0 Å². The molecule has 2 amide bonds. The molecule has 2 aromatic rings. The van der Waals surface area contributed by atoms with Crippen LogP contribution in [0.25, 0.3) is 0 Å². The number of Topliss-reactive ketones (excluding diaryl/α,β-unsaturated/α-hetero) is 1. The predicted molar refractivity (Wildman–Crippen MR) is 121 cm³/mol. The summed E-state index contributed by atoms with van der Waals surface area (Å²) in [6.45, 7) is 6.26. The third-order valence-electron chi connectivity index (χ3n) is 5.44. The molecule has 0 aromatic heterocycles. The number of anilines is 1. The van der Waals surface area contributed by atoms with E-state index in [2.05, 4.69) is 32.8 Å². The fraction of sp³-hybridized carbons (Fsp3) is 0.375. The van der Waals surface area contributed by atoms with Gasteiger partial charge in [-0.2, -0.15) is 0 Å². The van der Waals surface area contributed by atoms with Gasteiger partial charge in [0.15, 0.2) is 5.78 Å². The Morgan fingerprint density at radius 2 is 1.39 bits per heavy atom. The van der Waals surface area contributed by atoms with Crippen LogP contribution in [-0.4, -0.2) is 55.2 Å². The van der Waals surface area contributed by atoms with Crippen molar-refractivity contribution in [1.82, 2.24) is 15.8 Å². The largest absolute Gasteiger partial charge is 0.369 e. The van der Waals surface area contributed by atoms with E-state index in [1.807, 2.05) is 37.3 Å². The van der Waals surface area contributed by atoms with Gasteiger partial charge in [-0.05, 0) is 19.1 Å². The van der Waals surface area contributed by atoms with Crippen LogP contribution in [-0.2, 0) is 9.59 Å². The maximum absolute atomic E-state index is 12.1. The summed E-state index contributed by atoms with van der Waals surface area (Å²) in [4.78, 5) is 40.7. The second kappa shape index (κ2) is 11.3. The molecule has 0 saturated carbocycles. The van der Waals surface area contributed by atoms with Gasteiger partial charge in [-0.3, -0.25) is 30.1 Å². The number of nitrogens with one attached hydrogen (secondary N) is 2. The number of hydrogen-bond donors (Lipinski definition) is 2. The van der Waals surface area contributed by atoms with Gasteiger partial charge in [0.2, 0.25) is 11.8 Å². The van der Waals surface area contributed by atoms with Crippen molar-refractivity contribution < 1.29 is 14.4 Å². The monoisotopic (exact) mass is 422 g/mol. The number of ketones is 1. The molecule has 164 valence electrons. The fourth-order valence-corrected chi connectivity index (χ4v) is 3.50. The minimum Gasteiger partial charge on any atom is -0.369 e. The molecule has 1 fully saturated rings. The predicted octanol–water partition coefficient (Wildman–Crippen LogP) is 2.32. The molecular formula is C24H30N4O3. The Hall–Kier alpha value is -3.19. The fourth-order valence-electron chi connectivity index (χ4n) is 3.50. The van der Waals surface area contributed by atoms with Crippen LogP contribution in [0.3, 0.4) is 0 Å². The Morgan fingerprint density at radius 3 is 2.03 bits per heavy atom. The number of para-hydroxylation sites is 1. The lowest BCUT2D eigenvalue weighted by Gasteiger charge is -2.36. The maximum atomic E-state index is 12.1. The van der Waals surface area contributed by atoms with Crippen LogP contribution < -0.4 is 15.8 Å². The third kappa shape index (κ3) is 7.22. The van der Waals surface area contributed by atoms with Crippen LogP contribution in [0.15, 0.2) is 54.6 Å². The van der Waals surface area contributed by atoms with E-state index in [-0.39, 0.29) is 30.4 Å². The minimum atomic E-state index is -0.370. The molecule has 7 heteroatoms. The molecule has 1 aliphatic heterocycles. The molecule has 0 aliphatic carbocycles. The summed E-state index contributed by atoms with van der Waals surface area (Å²) in [5.41, 5.74) is 7.73. The van der Waals surface area contributed by atoms with Crippen LogP contribution in [0.1, 0.15) is 35.2 Å². The van der Waals surface area contributed by atoms with E-state index in [1.54, 1.807) is 12.1 Å². The van der Waals surface area contributed by atoms with Crippen molar-refractivity contribution in [1.29, 1.82) is 0 Å². The Kier molecular flexibility index (Phi) is 8.18. The van der Waals surface area contributed by atoms with Gasteiger partial charge >= 0.3 is 0 Å². The van der Waals surface area contributed by atoms with Crippen molar-refractivity contribution in [3.63, 3.8) is 0 Å². The summed E-state index contributed by atoms with van der Waals surface area (Å²) in [6.07, 6.45) is 0.457.